The van der Waals surface area contributed by atoms with Crippen LogP contribution in [0.15, 0.2) is 66.5 Å². The smallest absolute Gasteiger partial charge is 0.340 e. The van der Waals surface area contributed by atoms with Crippen molar-refractivity contribution in [3.8, 4) is 5.75 Å². The van der Waals surface area contributed by atoms with Crippen molar-refractivity contribution < 1.29 is 17.4 Å². The maximum atomic E-state index is 12.8. The number of nitrogens with one attached hydrogen (secondary N) is 1. The molecule has 0 aliphatic carbocycles. The third kappa shape index (κ3) is 12.2. The predicted molar refractivity (Wildman–Crippen MR) is 176 cm³/mol. The van der Waals surface area contributed by atoms with Gasteiger partial charge in [0.2, 0.25) is 5.91 Å². The number of thioether (sulfide) groups is 1. The van der Waals surface area contributed by atoms with E-state index < -0.39 is 10.1 Å². The van der Waals surface area contributed by atoms with Crippen LogP contribution in [0.25, 0.3) is 0 Å². The van der Waals surface area contributed by atoms with Gasteiger partial charge in [0.1, 0.15) is 10.6 Å². The molecule has 41 heavy (non-hydrogen) atoms. The summed E-state index contributed by atoms with van der Waals surface area (Å²) in [7, 11) is -4.05. The average molecular weight is 730 g/mol. The van der Waals surface area contributed by atoms with E-state index in [1.165, 1.54) is 88.3 Å². The van der Waals surface area contributed by atoms with Gasteiger partial charge >= 0.3 is 10.1 Å². The zero-order valence-corrected chi connectivity index (χ0v) is 28.3. The molecule has 1 unspecified atom stereocenters. The monoisotopic (exact) mass is 727 g/mol. The van der Waals surface area contributed by atoms with E-state index in [2.05, 4.69) is 54.3 Å². The van der Waals surface area contributed by atoms with Crippen molar-refractivity contribution in [2.45, 2.75) is 101 Å². The van der Waals surface area contributed by atoms with E-state index in [0.29, 0.717) is 19.7 Å². The number of unbranched alkanes of at least 4 members (excludes halogenated alkanes) is 11. The van der Waals surface area contributed by atoms with Crippen molar-refractivity contribution in [1.29, 1.82) is 0 Å². The first-order chi connectivity index (χ1) is 19.8. The Balaban J connectivity index is 1.38. The number of carbonyl (C=O) groups is 1. The molecule has 1 aliphatic rings. The number of carbonyl (C=O) groups excluding carboxylic acids is 1. The van der Waals surface area contributed by atoms with Gasteiger partial charge in [0.15, 0.2) is 5.17 Å². The molecule has 0 saturated carbocycles. The van der Waals surface area contributed by atoms with E-state index in [1.54, 1.807) is 36.4 Å². The summed E-state index contributed by atoms with van der Waals surface area (Å²) in [5.74, 6) is 0.130. The summed E-state index contributed by atoms with van der Waals surface area (Å²) >= 11 is 7.96. The summed E-state index contributed by atoms with van der Waals surface area (Å²) in [6, 6.07) is 11.4. The van der Waals surface area contributed by atoms with Gasteiger partial charge in [-0.25, -0.2) is 0 Å². The molecular weight excluding hydrogens is 690 g/mol. The summed E-state index contributed by atoms with van der Waals surface area (Å²) in [5.41, 5.74) is 0.609. The molecule has 1 fully saturated rings. The number of hydrogen-bond donors (Lipinski definition) is 1. The summed E-state index contributed by atoms with van der Waals surface area (Å²) in [5, 5.41) is 11.4. The Morgan fingerprint density at radius 2 is 1.59 bits per heavy atom. The van der Waals surface area contributed by atoms with Gasteiger partial charge in [-0.1, -0.05) is 124 Å². The molecule has 0 radical (unpaired) electrons. The largest absolute Gasteiger partial charge is 0.379 e. The first-order valence-electron chi connectivity index (χ1n) is 14.4. The number of amidine groups is 1. The second-order valence-electron chi connectivity index (χ2n) is 10.1. The van der Waals surface area contributed by atoms with E-state index in [4.69, 9.17) is 4.18 Å². The molecule has 0 spiro atoms. The number of benzene rings is 2. The third-order valence-corrected chi connectivity index (χ3v) is 10.6. The molecule has 11 heteroatoms. The molecule has 2 aromatic carbocycles. The van der Waals surface area contributed by atoms with Crippen molar-refractivity contribution in [2.24, 2.45) is 10.2 Å². The zero-order valence-electron chi connectivity index (χ0n) is 23.5. The molecule has 1 aliphatic heterocycles. The first-order valence-corrected chi connectivity index (χ1v) is 18.2. The van der Waals surface area contributed by atoms with E-state index in [-0.39, 0.29) is 21.8 Å². The fourth-order valence-electron chi connectivity index (χ4n) is 4.45. The lowest BCUT2D eigenvalue weighted by Gasteiger charge is -2.09. The summed E-state index contributed by atoms with van der Waals surface area (Å²) in [6.45, 7) is 2.25. The van der Waals surface area contributed by atoms with E-state index in [1.807, 2.05) is 0 Å². The van der Waals surface area contributed by atoms with Crippen LogP contribution in [0.4, 0.5) is 0 Å². The van der Waals surface area contributed by atoms with Crippen LogP contribution >= 0.6 is 43.6 Å². The second-order valence-corrected chi connectivity index (χ2v) is 14.6. The normalized spacial score (nSPS) is 16.5. The second kappa shape index (κ2) is 18.1. The van der Waals surface area contributed by atoms with Crippen molar-refractivity contribution >= 4 is 71.0 Å². The molecule has 1 atom stereocenters. The fraction of sp³-hybridized carbons (Fsp3) is 0.500. The molecule has 1 saturated heterocycles. The van der Waals surface area contributed by atoms with Crippen LogP contribution in [-0.4, -0.2) is 31.0 Å². The first kappa shape index (κ1) is 33.8. The topological polar surface area (TPSA) is 97.2 Å². The Kier molecular flexibility index (Phi) is 14.9. The van der Waals surface area contributed by atoms with Crippen molar-refractivity contribution in [3.05, 3.63) is 57.0 Å². The van der Waals surface area contributed by atoms with E-state index in [9.17, 15) is 13.2 Å². The molecule has 7 nitrogen and oxygen atoms in total. The van der Waals surface area contributed by atoms with Crippen LogP contribution in [0.2, 0.25) is 0 Å². The predicted octanol–water partition coefficient (Wildman–Crippen LogP) is 8.99. The molecule has 1 amide bonds. The SMILES string of the molecule is CCCCCCCCCCCCCCC1S/C(=N\N=C\c2cccc(OS(=O)(=O)c3cc(Br)ccc3Br)c2)NC1=O. The fourth-order valence-corrected chi connectivity index (χ4v) is 7.80. The van der Waals surface area contributed by atoms with Gasteiger partial charge in [-0.3, -0.25) is 4.79 Å². The summed E-state index contributed by atoms with van der Waals surface area (Å²) in [6.07, 6.45) is 17.8. The molecule has 2 aromatic rings. The van der Waals surface area contributed by atoms with Crippen molar-refractivity contribution in [3.63, 3.8) is 0 Å². The molecule has 0 bridgehead atoms. The van der Waals surface area contributed by atoms with E-state index >= 15 is 0 Å². The molecule has 224 valence electrons. The minimum Gasteiger partial charge on any atom is -0.379 e. The van der Waals surface area contributed by atoms with Gasteiger partial charge in [-0.05, 0) is 58.2 Å². The zero-order chi connectivity index (χ0) is 29.5. The number of rotatable bonds is 18. The highest BCUT2D eigenvalue weighted by Crippen LogP contribution is 2.29. The van der Waals surface area contributed by atoms with Crippen LogP contribution in [-0.2, 0) is 14.9 Å². The van der Waals surface area contributed by atoms with Gasteiger partial charge in [-0.15, -0.1) is 5.10 Å². The molecular formula is C30H39Br2N3O4S2. The maximum absolute atomic E-state index is 12.8. The Hall–Kier alpha value is -1.69. The third-order valence-electron chi connectivity index (χ3n) is 6.68. The number of halogens is 2. The van der Waals surface area contributed by atoms with Crippen LogP contribution in [0.3, 0.4) is 0 Å². The van der Waals surface area contributed by atoms with Crippen LogP contribution in [0.5, 0.6) is 5.75 Å². The highest BCUT2D eigenvalue weighted by molar-refractivity contribution is 9.11. The molecule has 3 rings (SSSR count). The Bertz CT molecular complexity index is 1300. The summed E-state index contributed by atoms with van der Waals surface area (Å²) in [4.78, 5) is 12.4. The lowest BCUT2D eigenvalue weighted by molar-refractivity contribution is -0.118. The lowest BCUT2D eigenvalue weighted by atomic mass is 10.0. The van der Waals surface area contributed by atoms with Crippen LogP contribution in [0, 0.1) is 0 Å². The standard InChI is InChI=1S/C30H39Br2N3O4S2/c1-2-3-4-5-6-7-8-9-10-11-12-13-17-27-29(36)34-30(40-27)35-33-22-23-15-14-16-25(20-23)39-41(37,38)28-21-24(31)18-19-26(28)32/h14-16,18-22,27H,2-13,17H2,1H3,(H,34,35,36)/b33-22+. The maximum Gasteiger partial charge on any atom is 0.340 e. The molecule has 1 N–H and O–H groups in total. The van der Waals surface area contributed by atoms with E-state index in [0.717, 1.165) is 19.3 Å². The number of hydrogen-bond acceptors (Lipinski definition) is 7. The number of nitrogens with zero attached hydrogens (tertiary/aromatic N) is 2. The van der Waals surface area contributed by atoms with Gasteiger partial charge in [0.25, 0.3) is 0 Å². The minimum atomic E-state index is -4.05. The average Bonchev–Trinajstić information content (AvgIpc) is 3.29. The van der Waals surface area contributed by atoms with Crippen LogP contribution in [0.1, 0.15) is 96.0 Å². The highest BCUT2D eigenvalue weighted by Gasteiger charge is 2.29. The summed E-state index contributed by atoms with van der Waals surface area (Å²) < 4.78 is 31.9. The Morgan fingerprint density at radius 3 is 2.27 bits per heavy atom. The molecule has 0 aromatic heterocycles. The van der Waals surface area contributed by atoms with Gasteiger partial charge in [0.05, 0.1) is 11.5 Å². The molecule has 1 heterocycles. The van der Waals surface area contributed by atoms with Gasteiger partial charge in [0, 0.05) is 8.95 Å². The van der Waals surface area contributed by atoms with Gasteiger partial charge in [-0.2, -0.15) is 13.5 Å². The van der Waals surface area contributed by atoms with Crippen LogP contribution < -0.4 is 9.50 Å². The number of amides is 1. The lowest BCUT2D eigenvalue weighted by Crippen LogP contribution is -2.24. The highest BCUT2D eigenvalue weighted by atomic mass is 79.9. The van der Waals surface area contributed by atoms with Crippen molar-refractivity contribution in [1.82, 2.24) is 5.32 Å². The Labute approximate surface area is 265 Å². The van der Waals surface area contributed by atoms with Gasteiger partial charge < -0.3 is 9.50 Å². The quantitative estimate of drug-likeness (QED) is 0.0715. The van der Waals surface area contributed by atoms with Crippen molar-refractivity contribution in [2.75, 3.05) is 0 Å². The Morgan fingerprint density at radius 1 is 0.927 bits per heavy atom. The minimum absolute atomic E-state index is 0.0180.